The molecule has 1 amide bonds. The van der Waals surface area contributed by atoms with Gasteiger partial charge in [0.05, 0.1) is 30.7 Å². The summed E-state index contributed by atoms with van der Waals surface area (Å²) in [6, 6.07) is 12.4. The van der Waals surface area contributed by atoms with Gasteiger partial charge in [-0.1, -0.05) is 30.3 Å². The van der Waals surface area contributed by atoms with Gasteiger partial charge in [-0.3, -0.25) is 9.69 Å². The molecule has 3 heterocycles. The molecule has 130 valence electrons. The maximum atomic E-state index is 12.6. The highest BCUT2D eigenvalue weighted by Gasteiger charge is 2.38. The summed E-state index contributed by atoms with van der Waals surface area (Å²) in [7, 11) is 0. The lowest BCUT2D eigenvalue weighted by Gasteiger charge is -2.37. The molecule has 0 radical (unpaired) electrons. The molecule has 0 bridgehead atoms. The zero-order chi connectivity index (χ0) is 17.1. The van der Waals surface area contributed by atoms with Crippen LogP contribution in [0.1, 0.15) is 22.3 Å². The van der Waals surface area contributed by atoms with Crippen LogP contribution in [0.5, 0.6) is 0 Å². The van der Waals surface area contributed by atoms with Crippen molar-refractivity contribution in [2.75, 3.05) is 26.2 Å². The lowest BCUT2D eigenvalue weighted by atomic mass is 10.1. The van der Waals surface area contributed by atoms with Crippen molar-refractivity contribution in [1.29, 1.82) is 0 Å². The van der Waals surface area contributed by atoms with Crippen LogP contribution in [0.3, 0.4) is 0 Å². The summed E-state index contributed by atoms with van der Waals surface area (Å²) >= 11 is 0. The van der Waals surface area contributed by atoms with Crippen molar-refractivity contribution in [3.63, 3.8) is 0 Å². The lowest BCUT2D eigenvalue weighted by Crippen LogP contribution is -2.52. The van der Waals surface area contributed by atoms with Crippen LogP contribution >= 0.6 is 0 Å². The largest absolute Gasteiger partial charge is 0.372 e. The van der Waals surface area contributed by atoms with Crippen molar-refractivity contribution >= 4 is 5.91 Å². The second-order valence-corrected chi connectivity index (χ2v) is 6.69. The fourth-order valence-corrected chi connectivity index (χ4v) is 3.69. The van der Waals surface area contributed by atoms with E-state index in [1.807, 2.05) is 23.1 Å². The fourth-order valence-electron chi connectivity index (χ4n) is 3.69. The Labute approximate surface area is 147 Å². The number of ether oxygens (including phenoxy) is 1. The van der Waals surface area contributed by atoms with Crippen molar-refractivity contribution in [3.8, 4) is 0 Å². The van der Waals surface area contributed by atoms with Gasteiger partial charge in [-0.15, -0.1) is 0 Å². The minimum absolute atomic E-state index is 0.0446. The molecule has 2 aliphatic rings. The molecule has 6 heteroatoms. The highest BCUT2D eigenvalue weighted by molar-refractivity contribution is 5.93. The number of piperazine rings is 1. The van der Waals surface area contributed by atoms with E-state index in [-0.39, 0.29) is 12.0 Å². The van der Waals surface area contributed by atoms with Gasteiger partial charge in [0, 0.05) is 32.2 Å². The molecule has 2 aliphatic heterocycles. The van der Waals surface area contributed by atoms with Gasteiger partial charge in [0.15, 0.2) is 0 Å². The lowest BCUT2D eigenvalue weighted by molar-refractivity contribution is 0.0451. The summed E-state index contributed by atoms with van der Waals surface area (Å²) in [6.45, 7) is 4.02. The third-order valence-corrected chi connectivity index (χ3v) is 5.02. The zero-order valence-electron chi connectivity index (χ0n) is 14.1. The third-order valence-electron chi connectivity index (χ3n) is 5.02. The van der Waals surface area contributed by atoms with Crippen LogP contribution in [0.4, 0.5) is 0 Å². The van der Waals surface area contributed by atoms with E-state index in [0.717, 1.165) is 32.6 Å². The van der Waals surface area contributed by atoms with Crippen LogP contribution < -0.4 is 0 Å². The number of hydrogen-bond acceptors (Lipinski definition) is 5. The molecule has 0 saturated carbocycles. The van der Waals surface area contributed by atoms with Crippen LogP contribution in [-0.2, 0) is 11.3 Å². The van der Waals surface area contributed by atoms with Gasteiger partial charge in [0.2, 0.25) is 0 Å². The second kappa shape index (κ2) is 7.29. The van der Waals surface area contributed by atoms with E-state index in [9.17, 15) is 4.79 Å². The molecule has 0 aliphatic carbocycles. The molecule has 1 aromatic heterocycles. The van der Waals surface area contributed by atoms with Crippen molar-refractivity contribution in [2.45, 2.75) is 25.2 Å². The predicted octanol–water partition coefficient (Wildman–Crippen LogP) is 1.59. The van der Waals surface area contributed by atoms with E-state index >= 15 is 0 Å². The normalized spacial score (nSPS) is 23.4. The number of carbonyl (C=O) groups is 1. The van der Waals surface area contributed by atoms with Gasteiger partial charge in [-0.25, -0.2) is 0 Å². The van der Waals surface area contributed by atoms with Gasteiger partial charge in [-0.05, 0) is 18.1 Å². The van der Waals surface area contributed by atoms with E-state index in [4.69, 9.17) is 4.74 Å². The highest BCUT2D eigenvalue weighted by atomic mass is 16.5. The summed E-state index contributed by atoms with van der Waals surface area (Å²) < 4.78 is 6.10. The van der Waals surface area contributed by atoms with Crippen LogP contribution in [0.2, 0.25) is 0 Å². The van der Waals surface area contributed by atoms with E-state index in [1.165, 1.54) is 11.8 Å². The van der Waals surface area contributed by atoms with E-state index in [1.54, 1.807) is 12.3 Å². The average Bonchev–Trinajstić information content (AvgIpc) is 3.09. The first-order chi connectivity index (χ1) is 12.3. The Balaban J connectivity index is 1.32. The Morgan fingerprint density at radius 2 is 2.00 bits per heavy atom. The molecule has 2 aromatic rings. The number of hydrogen-bond donors (Lipinski definition) is 0. The topological polar surface area (TPSA) is 58.6 Å². The monoisotopic (exact) mass is 338 g/mol. The Kier molecular flexibility index (Phi) is 4.72. The SMILES string of the molecule is O=C(c1ccnnc1)N1CCN2C[C@H](OCc3ccccc3)C[C@H]2C1. The molecule has 2 fully saturated rings. The smallest absolute Gasteiger partial charge is 0.255 e. The first-order valence-corrected chi connectivity index (χ1v) is 8.75. The summed E-state index contributed by atoms with van der Waals surface area (Å²) in [4.78, 5) is 17.0. The number of amides is 1. The standard InChI is InChI=1S/C19H22N4O2/c24-19(16-6-7-20-21-11-16)23-9-8-22-13-18(10-17(22)12-23)25-14-15-4-2-1-3-5-15/h1-7,11,17-18H,8-10,12-14H2/t17-,18+/m0/s1. The first kappa shape index (κ1) is 16.2. The van der Waals surface area contributed by atoms with Crippen molar-refractivity contribution in [1.82, 2.24) is 20.0 Å². The van der Waals surface area contributed by atoms with Gasteiger partial charge in [0.1, 0.15) is 0 Å². The molecule has 0 N–H and O–H groups in total. The van der Waals surface area contributed by atoms with Crippen LogP contribution in [0.15, 0.2) is 48.8 Å². The fraction of sp³-hybridized carbons (Fsp3) is 0.421. The van der Waals surface area contributed by atoms with Crippen LogP contribution in [0.25, 0.3) is 0 Å². The third kappa shape index (κ3) is 3.70. The van der Waals surface area contributed by atoms with Gasteiger partial charge in [-0.2, -0.15) is 10.2 Å². The predicted molar refractivity (Wildman–Crippen MR) is 92.9 cm³/mol. The van der Waals surface area contributed by atoms with Gasteiger partial charge >= 0.3 is 0 Å². The second-order valence-electron chi connectivity index (χ2n) is 6.69. The van der Waals surface area contributed by atoms with E-state index < -0.39 is 0 Å². The summed E-state index contributed by atoms with van der Waals surface area (Å²) in [6.07, 6.45) is 4.31. The Morgan fingerprint density at radius 3 is 2.80 bits per heavy atom. The Hall–Kier alpha value is -2.31. The number of nitrogens with zero attached hydrogens (tertiary/aromatic N) is 4. The van der Waals surface area contributed by atoms with Crippen LogP contribution in [-0.4, -0.2) is 64.2 Å². The summed E-state index contributed by atoms with van der Waals surface area (Å²) in [5.74, 6) is 0.0446. The summed E-state index contributed by atoms with van der Waals surface area (Å²) in [5, 5.41) is 7.54. The summed E-state index contributed by atoms with van der Waals surface area (Å²) in [5.41, 5.74) is 1.81. The molecule has 4 rings (SSSR count). The highest BCUT2D eigenvalue weighted by Crippen LogP contribution is 2.25. The molecule has 2 atom stereocenters. The van der Waals surface area contributed by atoms with Crippen LogP contribution in [0, 0.1) is 0 Å². The molecule has 2 saturated heterocycles. The molecule has 0 spiro atoms. The van der Waals surface area contributed by atoms with E-state index in [2.05, 4.69) is 27.2 Å². The first-order valence-electron chi connectivity index (χ1n) is 8.75. The van der Waals surface area contributed by atoms with Gasteiger partial charge in [0.25, 0.3) is 5.91 Å². The zero-order valence-corrected chi connectivity index (χ0v) is 14.1. The molecular formula is C19H22N4O2. The van der Waals surface area contributed by atoms with E-state index in [0.29, 0.717) is 18.2 Å². The Bertz CT molecular complexity index is 710. The molecule has 1 aromatic carbocycles. The maximum absolute atomic E-state index is 12.6. The Morgan fingerprint density at radius 1 is 1.12 bits per heavy atom. The number of aromatic nitrogens is 2. The average molecular weight is 338 g/mol. The van der Waals surface area contributed by atoms with Crippen molar-refractivity contribution < 1.29 is 9.53 Å². The minimum Gasteiger partial charge on any atom is -0.372 e. The van der Waals surface area contributed by atoms with Crippen molar-refractivity contribution in [3.05, 3.63) is 59.9 Å². The molecule has 25 heavy (non-hydrogen) atoms. The number of fused-ring (bicyclic) bond motifs is 1. The minimum atomic E-state index is 0.0446. The molecular weight excluding hydrogens is 316 g/mol. The van der Waals surface area contributed by atoms with Crippen molar-refractivity contribution in [2.24, 2.45) is 0 Å². The van der Waals surface area contributed by atoms with Gasteiger partial charge < -0.3 is 9.64 Å². The molecule has 0 unspecified atom stereocenters. The maximum Gasteiger partial charge on any atom is 0.255 e. The number of carbonyl (C=O) groups excluding carboxylic acids is 1. The quantitative estimate of drug-likeness (QED) is 0.847. The number of rotatable bonds is 4. The number of benzene rings is 1. The molecule has 6 nitrogen and oxygen atoms in total.